The molecule has 0 spiro atoms. The number of hydrogen-bond acceptors (Lipinski definition) is 2. The maximum Gasteiger partial charge on any atom is 0.305 e. The van der Waals surface area contributed by atoms with Crippen molar-refractivity contribution >= 4 is 5.97 Å². The van der Waals surface area contributed by atoms with Gasteiger partial charge < -0.3 is 4.74 Å². The number of rotatable bonds is 5. The first kappa shape index (κ1) is 12.6. The molecule has 0 aromatic heterocycles. The van der Waals surface area contributed by atoms with Crippen molar-refractivity contribution in [1.29, 1.82) is 0 Å². The van der Waals surface area contributed by atoms with E-state index >= 15 is 0 Å². The smallest absolute Gasteiger partial charge is 0.305 e. The zero-order chi connectivity index (χ0) is 12.0. The molecular weight excluding hydrogens is 214 g/mol. The minimum absolute atomic E-state index is 0.226. The number of halogens is 2. The molecule has 0 radical (unpaired) electrons. The minimum Gasteiger partial charge on any atom is -0.466 e. The van der Waals surface area contributed by atoms with Gasteiger partial charge in [-0.1, -0.05) is 0 Å². The van der Waals surface area contributed by atoms with Crippen molar-refractivity contribution in [1.82, 2.24) is 0 Å². The van der Waals surface area contributed by atoms with E-state index in [1.165, 1.54) is 0 Å². The van der Waals surface area contributed by atoms with Crippen LogP contribution in [0.15, 0.2) is 18.2 Å². The fourth-order valence-corrected chi connectivity index (χ4v) is 1.39. The van der Waals surface area contributed by atoms with Gasteiger partial charge in [-0.05, 0) is 43.5 Å². The van der Waals surface area contributed by atoms with Crippen molar-refractivity contribution in [2.45, 2.75) is 26.2 Å². The molecule has 0 amide bonds. The Morgan fingerprint density at radius 3 is 2.81 bits per heavy atom. The lowest BCUT2D eigenvalue weighted by Crippen LogP contribution is -2.04. The number of ether oxygens (including phenoxy) is 1. The molecule has 88 valence electrons. The highest BCUT2D eigenvalue weighted by Gasteiger charge is 2.06. The highest BCUT2D eigenvalue weighted by molar-refractivity contribution is 5.69. The molecule has 0 fully saturated rings. The van der Waals surface area contributed by atoms with E-state index in [0.717, 1.165) is 18.2 Å². The molecule has 16 heavy (non-hydrogen) atoms. The maximum atomic E-state index is 13.2. The number of carbonyl (C=O) groups excluding carboxylic acids is 1. The van der Waals surface area contributed by atoms with Gasteiger partial charge in [-0.15, -0.1) is 0 Å². The number of benzene rings is 1. The zero-order valence-electron chi connectivity index (χ0n) is 9.13. The van der Waals surface area contributed by atoms with Gasteiger partial charge in [0.25, 0.3) is 0 Å². The Morgan fingerprint density at radius 2 is 2.12 bits per heavy atom. The van der Waals surface area contributed by atoms with Gasteiger partial charge in [-0.2, -0.15) is 0 Å². The van der Waals surface area contributed by atoms with Crippen LogP contribution in [0, 0.1) is 11.6 Å². The van der Waals surface area contributed by atoms with Crippen LogP contribution in [-0.2, 0) is 16.0 Å². The van der Waals surface area contributed by atoms with Crippen LogP contribution in [0.2, 0.25) is 0 Å². The molecule has 2 nitrogen and oxygen atoms in total. The van der Waals surface area contributed by atoms with E-state index in [0.29, 0.717) is 25.0 Å². The standard InChI is InChI=1S/C12H14F2O2/c1-2-16-12(15)5-3-4-9-8-10(13)6-7-11(9)14/h6-8H,2-5H2,1H3. The average molecular weight is 228 g/mol. The molecule has 1 aromatic rings. The van der Waals surface area contributed by atoms with Gasteiger partial charge in [0.15, 0.2) is 0 Å². The summed E-state index contributed by atoms with van der Waals surface area (Å²) in [5.74, 6) is -1.21. The second-order valence-electron chi connectivity index (χ2n) is 3.39. The Morgan fingerprint density at radius 1 is 1.38 bits per heavy atom. The summed E-state index contributed by atoms with van der Waals surface area (Å²) >= 11 is 0. The summed E-state index contributed by atoms with van der Waals surface area (Å²) in [7, 11) is 0. The van der Waals surface area contributed by atoms with Gasteiger partial charge in [0.05, 0.1) is 6.61 Å². The fourth-order valence-electron chi connectivity index (χ4n) is 1.39. The third-order valence-electron chi connectivity index (χ3n) is 2.14. The van der Waals surface area contributed by atoms with E-state index in [9.17, 15) is 13.6 Å². The predicted octanol–water partition coefficient (Wildman–Crippen LogP) is 2.85. The summed E-state index contributed by atoms with van der Waals surface area (Å²) in [6.07, 6.45) is 1.02. The Hall–Kier alpha value is -1.45. The first-order chi connectivity index (χ1) is 7.63. The van der Waals surface area contributed by atoms with Crippen molar-refractivity contribution in [2.24, 2.45) is 0 Å². The van der Waals surface area contributed by atoms with Crippen LogP contribution in [-0.4, -0.2) is 12.6 Å². The molecule has 0 aliphatic carbocycles. The molecule has 0 atom stereocenters. The normalized spacial score (nSPS) is 10.2. The SMILES string of the molecule is CCOC(=O)CCCc1cc(F)ccc1F. The van der Waals surface area contributed by atoms with Gasteiger partial charge in [-0.25, -0.2) is 8.78 Å². The summed E-state index contributed by atoms with van der Waals surface area (Å²) in [5, 5.41) is 0. The monoisotopic (exact) mass is 228 g/mol. The molecule has 0 unspecified atom stereocenters. The predicted molar refractivity (Wildman–Crippen MR) is 55.9 cm³/mol. The van der Waals surface area contributed by atoms with E-state index < -0.39 is 11.6 Å². The molecule has 0 saturated heterocycles. The van der Waals surface area contributed by atoms with Gasteiger partial charge in [-0.3, -0.25) is 4.79 Å². The lowest BCUT2D eigenvalue weighted by molar-refractivity contribution is -0.143. The number of aryl methyl sites for hydroxylation is 1. The van der Waals surface area contributed by atoms with Crippen molar-refractivity contribution in [2.75, 3.05) is 6.61 Å². The van der Waals surface area contributed by atoms with E-state index in [1.54, 1.807) is 6.92 Å². The van der Waals surface area contributed by atoms with Gasteiger partial charge in [0.2, 0.25) is 0 Å². The molecule has 0 saturated carbocycles. The lowest BCUT2D eigenvalue weighted by Gasteiger charge is -2.03. The molecule has 0 aliphatic heterocycles. The van der Waals surface area contributed by atoms with Gasteiger partial charge in [0.1, 0.15) is 11.6 Å². The third kappa shape index (κ3) is 3.96. The Bertz CT molecular complexity index is 364. The van der Waals surface area contributed by atoms with Crippen molar-refractivity contribution in [3.05, 3.63) is 35.4 Å². The second-order valence-corrected chi connectivity index (χ2v) is 3.39. The number of hydrogen-bond donors (Lipinski definition) is 0. The summed E-state index contributed by atoms with van der Waals surface area (Å²) < 4.78 is 30.7. The molecule has 0 bridgehead atoms. The first-order valence-electron chi connectivity index (χ1n) is 5.23. The average Bonchev–Trinajstić information content (AvgIpc) is 2.23. The molecule has 1 rings (SSSR count). The van der Waals surface area contributed by atoms with Gasteiger partial charge >= 0.3 is 5.97 Å². The zero-order valence-corrected chi connectivity index (χ0v) is 9.13. The quantitative estimate of drug-likeness (QED) is 0.724. The highest BCUT2D eigenvalue weighted by Crippen LogP contribution is 2.12. The molecule has 0 aliphatic rings. The summed E-state index contributed by atoms with van der Waals surface area (Å²) in [6, 6.07) is 3.32. The summed E-state index contributed by atoms with van der Waals surface area (Å²) in [6.45, 7) is 2.07. The van der Waals surface area contributed by atoms with Crippen molar-refractivity contribution in [3.8, 4) is 0 Å². The largest absolute Gasteiger partial charge is 0.466 e. The summed E-state index contributed by atoms with van der Waals surface area (Å²) in [5.41, 5.74) is 0.296. The maximum absolute atomic E-state index is 13.2. The highest BCUT2D eigenvalue weighted by atomic mass is 19.1. The first-order valence-corrected chi connectivity index (χ1v) is 5.23. The third-order valence-corrected chi connectivity index (χ3v) is 2.14. The van der Waals surface area contributed by atoms with E-state index in [4.69, 9.17) is 4.74 Å². The Labute approximate surface area is 93.2 Å². The summed E-state index contributed by atoms with van der Waals surface area (Å²) in [4.78, 5) is 11.0. The van der Waals surface area contributed by atoms with Crippen LogP contribution < -0.4 is 0 Å². The molecule has 4 heteroatoms. The van der Waals surface area contributed by atoms with Crippen molar-refractivity contribution in [3.63, 3.8) is 0 Å². The number of esters is 1. The van der Waals surface area contributed by atoms with Crippen LogP contribution in [0.1, 0.15) is 25.3 Å². The van der Waals surface area contributed by atoms with Crippen molar-refractivity contribution < 1.29 is 18.3 Å². The molecule has 1 aromatic carbocycles. The van der Waals surface area contributed by atoms with E-state index in [1.807, 2.05) is 0 Å². The lowest BCUT2D eigenvalue weighted by atomic mass is 10.1. The van der Waals surface area contributed by atoms with E-state index in [-0.39, 0.29) is 12.4 Å². The fraction of sp³-hybridized carbons (Fsp3) is 0.417. The Balaban J connectivity index is 2.42. The molecule has 0 N–H and O–H groups in total. The topological polar surface area (TPSA) is 26.3 Å². The van der Waals surface area contributed by atoms with Crippen LogP contribution in [0.4, 0.5) is 8.78 Å². The number of carbonyl (C=O) groups is 1. The molecule has 0 heterocycles. The van der Waals surface area contributed by atoms with Crippen LogP contribution in [0.25, 0.3) is 0 Å². The van der Waals surface area contributed by atoms with Crippen LogP contribution in [0.3, 0.4) is 0 Å². The molecular formula is C12H14F2O2. The van der Waals surface area contributed by atoms with Gasteiger partial charge in [0, 0.05) is 6.42 Å². The van der Waals surface area contributed by atoms with Crippen LogP contribution >= 0.6 is 0 Å². The Kier molecular flexibility index (Phi) is 4.89. The van der Waals surface area contributed by atoms with E-state index in [2.05, 4.69) is 0 Å². The minimum atomic E-state index is -0.465. The second kappa shape index (κ2) is 6.20. The van der Waals surface area contributed by atoms with Crippen LogP contribution in [0.5, 0.6) is 0 Å².